The van der Waals surface area contributed by atoms with Crippen LogP contribution in [0.25, 0.3) is 5.52 Å². The number of piperazine rings is 1. The molecule has 2 aliphatic heterocycles. The van der Waals surface area contributed by atoms with Gasteiger partial charge in [-0.1, -0.05) is 6.07 Å². The highest BCUT2D eigenvalue weighted by molar-refractivity contribution is 5.73. The molecule has 2 aliphatic rings. The van der Waals surface area contributed by atoms with Crippen LogP contribution < -0.4 is 4.90 Å². The van der Waals surface area contributed by atoms with E-state index in [1.165, 1.54) is 16.9 Å². The number of aromatic nitrogens is 2. The van der Waals surface area contributed by atoms with Crippen molar-refractivity contribution >= 4 is 17.3 Å². The molecule has 0 radical (unpaired) electrons. The Morgan fingerprint density at radius 1 is 1.21 bits per heavy atom. The van der Waals surface area contributed by atoms with Crippen molar-refractivity contribution in [2.24, 2.45) is 0 Å². The van der Waals surface area contributed by atoms with Gasteiger partial charge in [0.2, 0.25) is 0 Å². The molecule has 7 heteroatoms. The van der Waals surface area contributed by atoms with Gasteiger partial charge >= 0.3 is 6.09 Å². The summed E-state index contributed by atoms with van der Waals surface area (Å²) in [5, 5.41) is 13.6. The van der Waals surface area contributed by atoms with Crippen molar-refractivity contribution in [1.82, 2.24) is 19.4 Å². The first-order valence-electron chi connectivity index (χ1n) is 8.50. The number of pyridine rings is 1. The fourth-order valence-electron chi connectivity index (χ4n) is 3.82. The van der Waals surface area contributed by atoms with E-state index in [1.807, 2.05) is 10.7 Å². The Morgan fingerprint density at radius 3 is 2.67 bits per heavy atom. The number of nitrogens with zero attached hydrogens (tertiary/aromatic N) is 5. The van der Waals surface area contributed by atoms with Crippen molar-refractivity contribution in [3.05, 3.63) is 30.1 Å². The van der Waals surface area contributed by atoms with Gasteiger partial charge in [0.05, 0.1) is 17.4 Å². The molecule has 1 amide bonds. The second kappa shape index (κ2) is 5.98. The lowest BCUT2D eigenvalue weighted by molar-refractivity contribution is 0.142. The first kappa shape index (κ1) is 15.3. The third-order valence-electron chi connectivity index (χ3n) is 5.27. The van der Waals surface area contributed by atoms with Crippen LogP contribution in [-0.2, 0) is 0 Å². The van der Waals surface area contributed by atoms with Crippen molar-refractivity contribution in [2.45, 2.75) is 12.3 Å². The monoisotopic (exact) mass is 329 g/mol. The summed E-state index contributed by atoms with van der Waals surface area (Å²) in [5.41, 5.74) is 3.53. The topological polar surface area (TPSA) is 64.3 Å². The fraction of sp³-hybridized carbons (Fsp3) is 0.529. The minimum atomic E-state index is -0.833. The average Bonchev–Trinajstić information content (AvgIpc) is 3.20. The number of hydrogen-bond donors (Lipinski definition) is 1. The molecule has 4 rings (SSSR count). The Morgan fingerprint density at radius 2 is 2.00 bits per heavy atom. The van der Waals surface area contributed by atoms with Crippen molar-refractivity contribution in [3.8, 4) is 0 Å². The Bertz CT molecular complexity index is 751. The lowest BCUT2D eigenvalue weighted by atomic mass is 10.0. The number of carbonyl (C=O) groups is 1. The Balaban J connectivity index is 1.54. The summed E-state index contributed by atoms with van der Waals surface area (Å²) < 4.78 is 1.96. The maximum absolute atomic E-state index is 11.0. The SMILES string of the molecule is CN1CCC(c2ccc3c(N4CCN(C(=O)O)CC4)cnn3c2)C1. The summed E-state index contributed by atoms with van der Waals surface area (Å²) in [6.07, 6.45) is 4.42. The van der Waals surface area contributed by atoms with Crippen LogP contribution in [0.3, 0.4) is 0 Å². The smallest absolute Gasteiger partial charge is 0.407 e. The molecule has 2 aromatic rings. The molecule has 128 valence electrons. The molecule has 2 fully saturated rings. The zero-order valence-electron chi connectivity index (χ0n) is 13.9. The van der Waals surface area contributed by atoms with Gasteiger partial charge in [0.25, 0.3) is 0 Å². The highest BCUT2D eigenvalue weighted by Crippen LogP contribution is 2.29. The predicted molar refractivity (Wildman–Crippen MR) is 91.9 cm³/mol. The summed E-state index contributed by atoms with van der Waals surface area (Å²) in [5.74, 6) is 0.589. The van der Waals surface area contributed by atoms with E-state index < -0.39 is 6.09 Å². The van der Waals surface area contributed by atoms with Crippen LogP contribution in [-0.4, -0.2) is 76.9 Å². The fourth-order valence-corrected chi connectivity index (χ4v) is 3.82. The molecule has 0 aromatic carbocycles. The second-order valence-electron chi connectivity index (χ2n) is 6.83. The van der Waals surface area contributed by atoms with E-state index in [0.29, 0.717) is 32.1 Å². The average molecular weight is 329 g/mol. The van der Waals surface area contributed by atoms with Crippen molar-refractivity contribution < 1.29 is 9.90 Å². The molecule has 0 spiro atoms. The number of likely N-dealkylation sites (N-methyl/N-ethyl adjacent to an activating group) is 1. The quantitative estimate of drug-likeness (QED) is 0.906. The largest absolute Gasteiger partial charge is 0.465 e. The highest BCUT2D eigenvalue weighted by Gasteiger charge is 2.24. The number of carboxylic acid groups (broad SMARTS) is 1. The summed E-state index contributed by atoms with van der Waals surface area (Å²) in [6.45, 7) is 4.77. The summed E-state index contributed by atoms with van der Waals surface area (Å²) in [6, 6.07) is 4.37. The maximum Gasteiger partial charge on any atom is 0.407 e. The van der Waals surface area contributed by atoms with Crippen LogP contribution in [0.15, 0.2) is 24.5 Å². The minimum Gasteiger partial charge on any atom is -0.465 e. The van der Waals surface area contributed by atoms with E-state index in [-0.39, 0.29) is 0 Å². The molecule has 4 heterocycles. The van der Waals surface area contributed by atoms with E-state index in [0.717, 1.165) is 24.3 Å². The first-order valence-corrected chi connectivity index (χ1v) is 8.50. The third-order valence-corrected chi connectivity index (χ3v) is 5.27. The van der Waals surface area contributed by atoms with Gasteiger partial charge in [0.1, 0.15) is 0 Å². The number of rotatable bonds is 2. The van der Waals surface area contributed by atoms with Crippen molar-refractivity contribution in [3.63, 3.8) is 0 Å². The second-order valence-corrected chi connectivity index (χ2v) is 6.83. The third kappa shape index (κ3) is 2.69. The molecule has 2 saturated heterocycles. The van der Waals surface area contributed by atoms with Crippen molar-refractivity contribution in [1.29, 1.82) is 0 Å². The number of amides is 1. The van der Waals surface area contributed by atoms with Gasteiger partial charge in [-0.05, 0) is 37.6 Å². The molecule has 24 heavy (non-hydrogen) atoms. The standard InChI is InChI=1S/C17H23N5O2/c1-19-5-4-14(11-19)13-2-3-15-16(10-18-22(15)12-13)20-6-8-21(9-7-20)17(23)24/h2-3,10,12,14H,4-9,11H2,1H3,(H,23,24). The maximum atomic E-state index is 11.0. The van der Waals surface area contributed by atoms with Crippen LogP contribution in [0.5, 0.6) is 0 Å². The Hall–Kier alpha value is -2.28. The van der Waals surface area contributed by atoms with E-state index in [1.54, 1.807) is 0 Å². The number of anilines is 1. The van der Waals surface area contributed by atoms with E-state index in [9.17, 15) is 4.79 Å². The molecule has 1 unspecified atom stereocenters. The minimum absolute atomic E-state index is 0.541. The van der Waals surface area contributed by atoms with E-state index in [2.05, 4.69) is 40.3 Å². The molecular weight excluding hydrogens is 306 g/mol. The van der Waals surface area contributed by atoms with Crippen LogP contribution in [0.1, 0.15) is 17.9 Å². The van der Waals surface area contributed by atoms with Gasteiger partial charge in [0, 0.05) is 38.9 Å². The zero-order chi connectivity index (χ0) is 16.7. The van der Waals surface area contributed by atoms with Gasteiger partial charge in [-0.15, -0.1) is 0 Å². The van der Waals surface area contributed by atoms with Crippen LogP contribution >= 0.6 is 0 Å². The van der Waals surface area contributed by atoms with Gasteiger partial charge in [-0.25, -0.2) is 9.31 Å². The first-order chi connectivity index (χ1) is 11.6. The molecule has 0 bridgehead atoms. The highest BCUT2D eigenvalue weighted by atomic mass is 16.4. The van der Waals surface area contributed by atoms with Gasteiger partial charge in [-0.3, -0.25) is 0 Å². The summed E-state index contributed by atoms with van der Waals surface area (Å²) in [7, 11) is 2.17. The van der Waals surface area contributed by atoms with E-state index in [4.69, 9.17) is 5.11 Å². The number of likely N-dealkylation sites (tertiary alicyclic amines) is 1. The molecular formula is C17H23N5O2. The molecule has 7 nitrogen and oxygen atoms in total. The lowest BCUT2D eigenvalue weighted by Crippen LogP contribution is -2.48. The van der Waals surface area contributed by atoms with Gasteiger partial charge < -0.3 is 19.8 Å². The zero-order valence-corrected chi connectivity index (χ0v) is 13.9. The van der Waals surface area contributed by atoms with Gasteiger partial charge in [-0.2, -0.15) is 5.10 Å². The molecule has 0 saturated carbocycles. The molecule has 1 atom stereocenters. The van der Waals surface area contributed by atoms with Crippen molar-refractivity contribution in [2.75, 3.05) is 51.2 Å². The lowest BCUT2D eigenvalue weighted by Gasteiger charge is -2.33. The Labute approximate surface area is 141 Å². The van der Waals surface area contributed by atoms with Crippen LogP contribution in [0.4, 0.5) is 10.5 Å². The number of hydrogen-bond acceptors (Lipinski definition) is 4. The molecule has 0 aliphatic carbocycles. The van der Waals surface area contributed by atoms with Gasteiger partial charge in [0.15, 0.2) is 0 Å². The molecule has 2 aromatic heterocycles. The predicted octanol–water partition coefficient (Wildman–Crippen LogP) is 1.55. The normalized spacial score (nSPS) is 22.5. The molecule has 1 N–H and O–H groups in total. The Kier molecular flexibility index (Phi) is 3.80. The van der Waals surface area contributed by atoms with E-state index >= 15 is 0 Å². The van der Waals surface area contributed by atoms with Crippen LogP contribution in [0, 0.1) is 0 Å². The summed E-state index contributed by atoms with van der Waals surface area (Å²) in [4.78, 5) is 17.1. The summed E-state index contributed by atoms with van der Waals surface area (Å²) >= 11 is 0. The number of fused-ring (bicyclic) bond motifs is 1. The van der Waals surface area contributed by atoms with Crippen LogP contribution in [0.2, 0.25) is 0 Å².